The largest absolute Gasteiger partial charge is 0.465 e. The van der Waals surface area contributed by atoms with Crippen molar-refractivity contribution in [3.63, 3.8) is 0 Å². The highest BCUT2D eigenvalue weighted by Crippen LogP contribution is 2.21. The standard InChI is InChI=1S/C19H24N4O2/c1-14-13-18(21-15(2)20-14)23-10-8-16(9-11-23)22(3)19(24)7-6-17-5-4-12-25-17/h4-7,12-13,16H,8-11H2,1-3H3/b7-6-. The zero-order valence-electron chi connectivity index (χ0n) is 15.0. The van der Waals surface area contributed by atoms with Crippen molar-refractivity contribution in [2.45, 2.75) is 32.7 Å². The molecule has 0 aromatic carbocycles. The minimum absolute atomic E-state index is 0.00331. The van der Waals surface area contributed by atoms with Crippen molar-refractivity contribution in [1.29, 1.82) is 0 Å². The third-order valence-corrected chi connectivity index (χ3v) is 4.57. The van der Waals surface area contributed by atoms with E-state index in [-0.39, 0.29) is 11.9 Å². The highest BCUT2D eigenvalue weighted by molar-refractivity contribution is 5.91. The molecular weight excluding hydrogens is 316 g/mol. The Morgan fingerprint density at radius 1 is 1.32 bits per heavy atom. The topological polar surface area (TPSA) is 62.5 Å². The second-order valence-corrected chi connectivity index (χ2v) is 6.43. The SMILES string of the molecule is Cc1cc(N2CCC(N(C)C(=O)/C=C\c3ccco3)CC2)nc(C)n1. The van der Waals surface area contributed by atoms with Gasteiger partial charge in [-0.25, -0.2) is 9.97 Å². The van der Waals surface area contributed by atoms with Crippen LogP contribution in [0, 0.1) is 13.8 Å². The summed E-state index contributed by atoms with van der Waals surface area (Å²) < 4.78 is 5.22. The Bertz CT molecular complexity index is 727. The van der Waals surface area contributed by atoms with Gasteiger partial charge >= 0.3 is 0 Å². The summed E-state index contributed by atoms with van der Waals surface area (Å²) in [5.74, 6) is 2.47. The lowest BCUT2D eigenvalue weighted by Crippen LogP contribution is -2.45. The zero-order chi connectivity index (χ0) is 17.8. The van der Waals surface area contributed by atoms with E-state index in [1.807, 2.05) is 37.9 Å². The van der Waals surface area contributed by atoms with Gasteiger partial charge in [-0.15, -0.1) is 0 Å². The molecule has 0 unspecified atom stereocenters. The Balaban J connectivity index is 1.57. The average Bonchev–Trinajstić information content (AvgIpc) is 3.12. The second kappa shape index (κ2) is 7.51. The van der Waals surface area contributed by atoms with Gasteiger partial charge in [0, 0.05) is 44.0 Å². The first kappa shape index (κ1) is 17.2. The molecule has 0 saturated carbocycles. The monoisotopic (exact) mass is 340 g/mol. The van der Waals surface area contributed by atoms with Gasteiger partial charge in [0.15, 0.2) is 0 Å². The van der Waals surface area contributed by atoms with Gasteiger partial charge in [0.2, 0.25) is 5.91 Å². The Kier molecular flexibility index (Phi) is 5.16. The fourth-order valence-electron chi connectivity index (χ4n) is 3.18. The molecule has 1 saturated heterocycles. The molecule has 1 fully saturated rings. The van der Waals surface area contributed by atoms with E-state index in [9.17, 15) is 4.79 Å². The first-order valence-corrected chi connectivity index (χ1v) is 8.58. The maximum absolute atomic E-state index is 12.3. The summed E-state index contributed by atoms with van der Waals surface area (Å²) in [6.45, 7) is 5.68. The van der Waals surface area contributed by atoms with Gasteiger partial charge in [-0.3, -0.25) is 4.79 Å². The van der Waals surface area contributed by atoms with Gasteiger partial charge < -0.3 is 14.2 Å². The lowest BCUT2D eigenvalue weighted by atomic mass is 10.0. The van der Waals surface area contributed by atoms with Crippen LogP contribution in [0.5, 0.6) is 0 Å². The van der Waals surface area contributed by atoms with Crippen molar-refractivity contribution in [2.24, 2.45) is 0 Å². The molecule has 0 bridgehead atoms. The number of carbonyl (C=O) groups excluding carboxylic acids is 1. The Hall–Kier alpha value is -2.63. The molecule has 6 heteroatoms. The van der Waals surface area contributed by atoms with Crippen molar-refractivity contribution in [2.75, 3.05) is 25.0 Å². The zero-order valence-corrected chi connectivity index (χ0v) is 15.0. The number of hydrogen-bond acceptors (Lipinski definition) is 5. The summed E-state index contributed by atoms with van der Waals surface area (Å²) in [5, 5.41) is 0. The van der Waals surface area contributed by atoms with Crippen molar-refractivity contribution < 1.29 is 9.21 Å². The van der Waals surface area contributed by atoms with Gasteiger partial charge in [-0.2, -0.15) is 0 Å². The van der Waals surface area contributed by atoms with Crippen LogP contribution in [-0.2, 0) is 4.79 Å². The molecule has 3 rings (SSSR count). The lowest BCUT2D eigenvalue weighted by molar-refractivity contribution is -0.127. The van der Waals surface area contributed by atoms with Gasteiger partial charge in [0.25, 0.3) is 0 Å². The van der Waals surface area contributed by atoms with Gasteiger partial charge in [0.05, 0.1) is 6.26 Å². The molecule has 1 aliphatic rings. The summed E-state index contributed by atoms with van der Waals surface area (Å²) >= 11 is 0. The first-order chi connectivity index (χ1) is 12.0. The van der Waals surface area contributed by atoms with Crippen molar-refractivity contribution in [3.8, 4) is 0 Å². The van der Waals surface area contributed by atoms with Crippen LogP contribution in [0.2, 0.25) is 0 Å². The quantitative estimate of drug-likeness (QED) is 0.801. The molecule has 2 aromatic rings. The molecule has 1 aliphatic heterocycles. The van der Waals surface area contributed by atoms with Crippen LogP contribution >= 0.6 is 0 Å². The molecule has 0 radical (unpaired) electrons. The van der Waals surface area contributed by atoms with E-state index in [4.69, 9.17) is 4.42 Å². The number of amides is 1. The molecular formula is C19H24N4O2. The summed E-state index contributed by atoms with van der Waals surface area (Å²) in [4.78, 5) is 25.3. The van der Waals surface area contributed by atoms with Crippen LogP contribution in [0.25, 0.3) is 6.08 Å². The summed E-state index contributed by atoms with van der Waals surface area (Å²) in [6, 6.07) is 5.90. The maximum atomic E-state index is 12.3. The number of rotatable bonds is 4. The number of aryl methyl sites for hydroxylation is 2. The van der Waals surface area contributed by atoms with Crippen LogP contribution in [0.4, 0.5) is 5.82 Å². The van der Waals surface area contributed by atoms with Crippen molar-refractivity contribution in [3.05, 3.63) is 47.8 Å². The fourth-order valence-corrected chi connectivity index (χ4v) is 3.18. The number of anilines is 1. The van der Waals surface area contributed by atoms with Crippen molar-refractivity contribution in [1.82, 2.24) is 14.9 Å². The van der Waals surface area contributed by atoms with Crippen LogP contribution < -0.4 is 4.90 Å². The van der Waals surface area contributed by atoms with E-state index in [0.717, 1.165) is 43.3 Å². The molecule has 6 nitrogen and oxygen atoms in total. The summed E-state index contributed by atoms with van der Waals surface area (Å²) in [7, 11) is 1.87. The molecule has 0 atom stereocenters. The smallest absolute Gasteiger partial charge is 0.246 e. The predicted molar refractivity (Wildman–Crippen MR) is 97.3 cm³/mol. The predicted octanol–water partition coefficient (Wildman–Crippen LogP) is 2.83. The highest BCUT2D eigenvalue weighted by Gasteiger charge is 2.25. The third kappa shape index (κ3) is 4.26. The molecule has 25 heavy (non-hydrogen) atoms. The van der Waals surface area contributed by atoms with E-state index < -0.39 is 0 Å². The minimum atomic E-state index is 0.00331. The van der Waals surface area contributed by atoms with E-state index in [0.29, 0.717) is 5.76 Å². The van der Waals surface area contributed by atoms with E-state index in [2.05, 4.69) is 14.9 Å². The van der Waals surface area contributed by atoms with E-state index >= 15 is 0 Å². The molecule has 0 aliphatic carbocycles. The van der Waals surface area contributed by atoms with Gasteiger partial charge in [-0.1, -0.05) is 0 Å². The molecule has 0 spiro atoms. The number of piperidine rings is 1. The minimum Gasteiger partial charge on any atom is -0.465 e. The normalized spacial score (nSPS) is 15.7. The lowest BCUT2D eigenvalue weighted by Gasteiger charge is -2.37. The van der Waals surface area contributed by atoms with Gasteiger partial charge in [0.1, 0.15) is 17.4 Å². The second-order valence-electron chi connectivity index (χ2n) is 6.43. The number of nitrogens with zero attached hydrogens (tertiary/aromatic N) is 4. The van der Waals surface area contributed by atoms with Crippen LogP contribution in [0.1, 0.15) is 30.1 Å². The molecule has 0 N–H and O–H groups in total. The average molecular weight is 340 g/mol. The van der Waals surface area contributed by atoms with E-state index in [1.165, 1.54) is 0 Å². The molecule has 132 valence electrons. The number of furan rings is 1. The highest BCUT2D eigenvalue weighted by atomic mass is 16.3. The molecule has 2 aromatic heterocycles. The first-order valence-electron chi connectivity index (χ1n) is 8.58. The summed E-state index contributed by atoms with van der Waals surface area (Å²) in [5.41, 5.74) is 0.986. The van der Waals surface area contributed by atoms with E-state index in [1.54, 1.807) is 24.5 Å². The Morgan fingerprint density at radius 2 is 2.08 bits per heavy atom. The number of hydrogen-bond donors (Lipinski definition) is 0. The molecule has 1 amide bonds. The van der Waals surface area contributed by atoms with Crippen LogP contribution in [0.3, 0.4) is 0 Å². The number of likely N-dealkylation sites (N-methyl/N-ethyl adjacent to an activating group) is 1. The Labute approximate surface area is 148 Å². The number of aromatic nitrogens is 2. The van der Waals surface area contributed by atoms with Crippen LogP contribution in [0.15, 0.2) is 35.0 Å². The fraction of sp³-hybridized carbons (Fsp3) is 0.421. The third-order valence-electron chi connectivity index (χ3n) is 4.57. The number of carbonyl (C=O) groups is 1. The Morgan fingerprint density at radius 3 is 2.72 bits per heavy atom. The van der Waals surface area contributed by atoms with Gasteiger partial charge in [-0.05, 0) is 44.9 Å². The van der Waals surface area contributed by atoms with Crippen molar-refractivity contribution >= 4 is 17.8 Å². The maximum Gasteiger partial charge on any atom is 0.246 e. The molecule has 3 heterocycles. The van der Waals surface area contributed by atoms with Crippen LogP contribution in [-0.4, -0.2) is 47.0 Å². The summed E-state index contributed by atoms with van der Waals surface area (Å²) in [6.07, 6.45) is 6.74.